The number of nitrogens with one attached hydrogen (secondary N) is 1. The molecule has 2 rings (SSSR count). The first kappa shape index (κ1) is 16.9. The molecule has 3 N–H and O–H groups in total. The molecule has 0 saturated carbocycles. The van der Waals surface area contributed by atoms with Gasteiger partial charge in [0, 0.05) is 19.1 Å². The van der Waals surface area contributed by atoms with Crippen molar-refractivity contribution in [2.75, 3.05) is 13.2 Å². The van der Waals surface area contributed by atoms with Crippen molar-refractivity contribution in [3.63, 3.8) is 0 Å². The normalized spacial score (nSPS) is 12.0. The van der Waals surface area contributed by atoms with Crippen LogP contribution >= 0.6 is 0 Å². The first-order valence-electron chi connectivity index (χ1n) is 7.15. The molecule has 1 atom stereocenters. The Bertz CT molecular complexity index is 677. The van der Waals surface area contributed by atoms with Gasteiger partial charge >= 0.3 is 0 Å². The van der Waals surface area contributed by atoms with Crippen molar-refractivity contribution < 1.29 is 23.8 Å². The lowest BCUT2D eigenvalue weighted by Gasteiger charge is -2.17. The van der Waals surface area contributed by atoms with E-state index in [1.807, 2.05) is 30.3 Å². The van der Waals surface area contributed by atoms with E-state index in [0.29, 0.717) is 6.42 Å². The summed E-state index contributed by atoms with van der Waals surface area (Å²) < 4.78 is 27.3. The number of phenols is 1. The smallest absolute Gasteiger partial charge is 0.257 e. The van der Waals surface area contributed by atoms with Crippen molar-refractivity contribution in [2.24, 2.45) is 0 Å². The summed E-state index contributed by atoms with van der Waals surface area (Å²) in [6.07, 6.45) is 0.398. The van der Waals surface area contributed by atoms with Crippen LogP contribution < -0.4 is 5.32 Å². The Morgan fingerprint density at radius 3 is 2.48 bits per heavy atom. The molecule has 0 aliphatic heterocycles. The molecule has 0 spiro atoms. The molecule has 4 nitrogen and oxygen atoms in total. The van der Waals surface area contributed by atoms with Gasteiger partial charge in [0.1, 0.15) is 11.4 Å². The summed E-state index contributed by atoms with van der Waals surface area (Å²) in [7, 11) is 0. The van der Waals surface area contributed by atoms with Gasteiger partial charge in [0.15, 0.2) is 11.6 Å². The number of aromatic hydroxyl groups is 1. The molecule has 0 aliphatic rings. The van der Waals surface area contributed by atoms with E-state index in [4.69, 9.17) is 5.11 Å². The zero-order valence-electron chi connectivity index (χ0n) is 12.3. The zero-order valence-corrected chi connectivity index (χ0v) is 12.3. The molecular weight excluding hydrogens is 304 g/mol. The molecule has 122 valence electrons. The highest BCUT2D eigenvalue weighted by Crippen LogP contribution is 2.22. The second kappa shape index (κ2) is 7.69. The Hall–Kier alpha value is -2.47. The third-order valence-electron chi connectivity index (χ3n) is 3.56. The number of phenolic OH excluding ortho intramolecular Hbond substituents is 1. The number of amides is 1. The maximum atomic E-state index is 13.7. The molecule has 0 heterocycles. The molecule has 0 aromatic heterocycles. The number of hydrogen-bond donors (Lipinski definition) is 3. The lowest BCUT2D eigenvalue weighted by atomic mass is 9.96. The SMILES string of the molecule is O=C(NC[C@@H](CCO)c1ccccc1)c1c(F)ccc(O)c1F. The molecular formula is C17H17F2NO3. The van der Waals surface area contributed by atoms with Crippen LogP contribution in [0.3, 0.4) is 0 Å². The standard InChI is InChI=1S/C17H17F2NO3/c18-13-6-7-14(22)16(19)15(13)17(23)20-10-12(8-9-21)11-4-2-1-3-5-11/h1-7,12,21-22H,8-10H2,(H,20,23)/t12-/m1/s1. The van der Waals surface area contributed by atoms with Gasteiger partial charge < -0.3 is 15.5 Å². The van der Waals surface area contributed by atoms with Crippen molar-refractivity contribution in [1.29, 1.82) is 0 Å². The fraction of sp³-hybridized carbons (Fsp3) is 0.235. The van der Waals surface area contributed by atoms with Crippen molar-refractivity contribution in [3.05, 3.63) is 65.2 Å². The van der Waals surface area contributed by atoms with Crippen LogP contribution in [-0.2, 0) is 0 Å². The van der Waals surface area contributed by atoms with E-state index in [2.05, 4.69) is 5.32 Å². The summed E-state index contributed by atoms with van der Waals surface area (Å²) in [6, 6.07) is 10.9. The minimum Gasteiger partial charge on any atom is -0.505 e. The summed E-state index contributed by atoms with van der Waals surface area (Å²) in [5.41, 5.74) is 0.0829. The number of halogens is 2. The number of aliphatic hydroxyl groups is 1. The van der Waals surface area contributed by atoms with Crippen LogP contribution in [0.1, 0.15) is 28.3 Å². The molecule has 0 fully saturated rings. The minimum atomic E-state index is -1.29. The Morgan fingerprint density at radius 1 is 1.13 bits per heavy atom. The Kier molecular flexibility index (Phi) is 5.65. The number of hydrogen-bond acceptors (Lipinski definition) is 3. The van der Waals surface area contributed by atoms with E-state index < -0.39 is 28.9 Å². The van der Waals surface area contributed by atoms with Gasteiger partial charge in [0.2, 0.25) is 0 Å². The molecule has 0 aliphatic carbocycles. The summed E-state index contributed by atoms with van der Waals surface area (Å²) in [4.78, 5) is 12.0. The molecule has 6 heteroatoms. The number of aliphatic hydroxyl groups excluding tert-OH is 1. The van der Waals surface area contributed by atoms with Crippen LogP contribution in [-0.4, -0.2) is 29.3 Å². The van der Waals surface area contributed by atoms with E-state index in [1.165, 1.54) is 0 Å². The Balaban J connectivity index is 2.12. The summed E-state index contributed by atoms with van der Waals surface area (Å²) in [6.45, 7) is 0.0300. The van der Waals surface area contributed by atoms with Crippen LogP contribution in [0.5, 0.6) is 5.75 Å². The predicted molar refractivity (Wildman–Crippen MR) is 81.2 cm³/mol. The second-order valence-corrected chi connectivity index (χ2v) is 5.09. The predicted octanol–water partition coefficient (Wildman–Crippen LogP) is 2.57. The van der Waals surface area contributed by atoms with Crippen molar-refractivity contribution in [2.45, 2.75) is 12.3 Å². The summed E-state index contributed by atoms with van der Waals surface area (Å²) >= 11 is 0. The maximum Gasteiger partial charge on any atom is 0.257 e. The summed E-state index contributed by atoms with van der Waals surface area (Å²) in [5.74, 6) is -4.26. The van der Waals surface area contributed by atoms with Gasteiger partial charge in [-0.2, -0.15) is 0 Å². The van der Waals surface area contributed by atoms with Gasteiger partial charge in [-0.05, 0) is 24.1 Å². The Morgan fingerprint density at radius 2 is 1.83 bits per heavy atom. The average Bonchev–Trinajstić information content (AvgIpc) is 2.56. The van der Waals surface area contributed by atoms with Crippen molar-refractivity contribution >= 4 is 5.91 Å². The topological polar surface area (TPSA) is 69.6 Å². The van der Waals surface area contributed by atoms with Crippen LogP contribution in [0.15, 0.2) is 42.5 Å². The lowest BCUT2D eigenvalue weighted by Crippen LogP contribution is -2.30. The van der Waals surface area contributed by atoms with Crippen molar-refractivity contribution in [1.82, 2.24) is 5.32 Å². The molecule has 0 saturated heterocycles. The van der Waals surface area contributed by atoms with Crippen LogP contribution in [0.4, 0.5) is 8.78 Å². The molecule has 0 bridgehead atoms. The van der Waals surface area contributed by atoms with Crippen LogP contribution in [0.2, 0.25) is 0 Å². The number of benzene rings is 2. The zero-order chi connectivity index (χ0) is 16.8. The lowest BCUT2D eigenvalue weighted by molar-refractivity contribution is 0.0940. The monoisotopic (exact) mass is 321 g/mol. The van der Waals surface area contributed by atoms with Gasteiger partial charge in [0.05, 0.1) is 0 Å². The minimum absolute atomic E-state index is 0.0791. The van der Waals surface area contributed by atoms with E-state index in [-0.39, 0.29) is 19.1 Å². The van der Waals surface area contributed by atoms with Gasteiger partial charge in [-0.15, -0.1) is 0 Å². The van der Waals surface area contributed by atoms with E-state index in [0.717, 1.165) is 17.7 Å². The van der Waals surface area contributed by atoms with E-state index in [9.17, 15) is 18.7 Å². The van der Waals surface area contributed by atoms with Gasteiger partial charge in [-0.1, -0.05) is 30.3 Å². The summed E-state index contributed by atoms with van der Waals surface area (Å²) in [5, 5.41) is 20.8. The number of carbonyl (C=O) groups excluding carboxylic acids is 1. The first-order chi connectivity index (χ1) is 11.0. The van der Waals surface area contributed by atoms with Gasteiger partial charge in [-0.25, -0.2) is 8.78 Å². The number of carbonyl (C=O) groups is 1. The third-order valence-corrected chi connectivity index (χ3v) is 3.56. The fourth-order valence-electron chi connectivity index (χ4n) is 2.32. The maximum absolute atomic E-state index is 13.7. The highest BCUT2D eigenvalue weighted by atomic mass is 19.1. The molecule has 0 radical (unpaired) electrons. The Labute approximate surface area is 132 Å². The second-order valence-electron chi connectivity index (χ2n) is 5.09. The largest absolute Gasteiger partial charge is 0.505 e. The van der Waals surface area contributed by atoms with Crippen LogP contribution in [0, 0.1) is 11.6 Å². The fourth-order valence-corrected chi connectivity index (χ4v) is 2.32. The van der Waals surface area contributed by atoms with E-state index in [1.54, 1.807) is 0 Å². The molecule has 2 aromatic rings. The molecule has 0 unspecified atom stereocenters. The van der Waals surface area contributed by atoms with E-state index >= 15 is 0 Å². The molecule has 1 amide bonds. The molecule has 23 heavy (non-hydrogen) atoms. The van der Waals surface area contributed by atoms with Gasteiger partial charge in [-0.3, -0.25) is 4.79 Å². The van der Waals surface area contributed by atoms with Crippen LogP contribution in [0.25, 0.3) is 0 Å². The number of rotatable bonds is 6. The highest BCUT2D eigenvalue weighted by molar-refractivity contribution is 5.95. The highest BCUT2D eigenvalue weighted by Gasteiger charge is 2.21. The quantitative estimate of drug-likeness (QED) is 0.766. The third kappa shape index (κ3) is 4.04. The first-order valence-corrected chi connectivity index (χ1v) is 7.15. The average molecular weight is 321 g/mol. The van der Waals surface area contributed by atoms with Gasteiger partial charge in [0.25, 0.3) is 5.91 Å². The molecule has 2 aromatic carbocycles. The van der Waals surface area contributed by atoms with Crippen molar-refractivity contribution in [3.8, 4) is 5.75 Å².